The average Bonchev–Trinajstić information content (AvgIpc) is 3.33. The summed E-state index contributed by atoms with van der Waals surface area (Å²) in [4.78, 5) is 9.35. The third-order valence-electron chi connectivity index (χ3n) is 4.96. The molecule has 2 aliphatic rings. The molecule has 6 nitrogen and oxygen atoms in total. The number of hydrogen-bond acceptors (Lipinski definition) is 6. The first-order valence-corrected chi connectivity index (χ1v) is 8.94. The fourth-order valence-electron chi connectivity index (χ4n) is 3.38. The topological polar surface area (TPSA) is 83.6 Å². The number of nitrogens with zero attached hydrogens (tertiary/aromatic N) is 2. The minimum atomic E-state index is -0.641. The molecule has 0 fully saturated rings. The Hall–Kier alpha value is -3.02. The number of phenolic OH excluding ortho intramolecular Hbond substituents is 2. The molecule has 2 aromatic carbocycles. The molecule has 0 aromatic heterocycles. The van der Waals surface area contributed by atoms with E-state index in [1.165, 1.54) is 0 Å². The molecule has 2 aliphatic heterocycles. The minimum absolute atomic E-state index is 0.211. The molecule has 0 aliphatic carbocycles. The van der Waals surface area contributed by atoms with Gasteiger partial charge in [0.05, 0.1) is 0 Å². The molecule has 4 rings (SSSR count). The van der Waals surface area contributed by atoms with Gasteiger partial charge < -0.3 is 19.7 Å². The zero-order valence-corrected chi connectivity index (χ0v) is 15.3. The maximum atomic E-state index is 10.1. The van der Waals surface area contributed by atoms with Gasteiger partial charge in [0.2, 0.25) is 0 Å². The van der Waals surface area contributed by atoms with Gasteiger partial charge in [-0.2, -0.15) is 0 Å². The van der Waals surface area contributed by atoms with E-state index in [1.54, 1.807) is 24.3 Å². The van der Waals surface area contributed by atoms with Crippen molar-refractivity contribution in [3.05, 3.63) is 59.7 Å². The molecule has 0 saturated heterocycles. The predicted octanol–water partition coefficient (Wildman–Crippen LogP) is 3.76. The Kier molecular flexibility index (Phi) is 4.26. The van der Waals surface area contributed by atoms with Gasteiger partial charge in [-0.1, -0.05) is 36.4 Å². The Morgan fingerprint density at radius 2 is 1.19 bits per heavy atom. The van der Waals surface area contributed by atoms with Crippen LogP contribution in [0.1, 0.15) is 37.1 Å². The number of hydrogen-bond donors (Lipinski definition) is 2. The van der Waals surface area contributed by atoms with Crippen LogP contribution >= 0.6 is 0 Å². The Morgan fingerprint density at radius 3 is 1.59 bits per heavy atom. The van der Waals surface area contributed by atoms with Crippen molar-refractivity contribution in [2.45, 2.75) is 25.9 Å². The van der Waals surface area contributed by atoms with Gasteiger partial charge in [-0.25, -0.2) is 9.98 Å². The first kappa shape index (κ1) is 17.4. The second-order valence-electron chi connectivity index (χ2n) is 7.26. The van der Waals surface area contributed by atoms with Crippen molar-refractivity contribution in [3.63, 3.8) is 0 Å². The van der Waals surface area contributed by atoms with Crippen LogP contribution in [0.5, 0.6) is 11.5 Å². The summed E-state index contributed by atoms with van der Waals surface area (Å²) < 4.78 is 11.7. The standard InChI is InChI=1S/C21H22N2O4/c1-21(2,19-22-15(11-26-19)13-7-3-5-9-17(13)24)20-23-16(12-27-20)14-8-4-6-10-18(14)25/h3-10,15-16,24-25H,11-12H2,1-2H3/t15-,16-/m0/s1. The number of aromatic hydroxyl groups is 2. The van der Waals surface area contributed by atoms with Crippen molar-refractivity contribution in [3.8, 4) is 11.5 Å². The van der Waals surface area contributed by atoms with Crippen molar-refractivity contribution in [2.24, 2.45) is 15.4 Å². The Bertz CT molecular complexity index is 846. The molecule has 2 heterocycles. The SMILES string of the molecule is CC(C)(C1=N[C@H](c2ccccc2O)CO1)C1=N[C@H](c2ccccc2O)CO1. The fourth-order valence-corrected chi connectivity index (χ4v) is 3.38. The van der Waals surface area contributed by atoms with E-state index in [9.17, 15) is 10.2 Å². The lowest BCUT2D eigenvalue weighted by Crippen LogP contribution is -2.34. The molecule has 2 atom stereocenters. The molecular formula is C21H22N2O4. The number of ether oxygens (including phenoxy) is 2. The van der Waals surface area contributed by atoms with Crippen molar-refractivity contribution in [1.29, 1.82) is 0 Å². The monoisotopic (exact) mass is 366 g/mol. The lowest BCUT2D eigenvalue weighted by molar-refractivity contribution is 0.263. The maximum absolute atomic E-state index is 10.1. The van der Waals surface area contributed by atoms with Gasteiger partial charge in [0.1, 0.15) is 42.2 Å². The van der Waals surface area contributed by atoms with Gasteiger partial charge in [0, 0.05) is 11.1 Å². The van der Waals surface area contributed by atoms with Gasteiger partial charge in [0.15, 0.2) is 11.8 Å². The second kappa shape index (κ2) is 6.61. The van der Waals surface area contributed by atoms with Crippen LogP contribution in [0.2, 0.25) is 0 Å². The van der Waals surface area contributed by atoms with Crippen LogP contribution in [0, 0.1) is 5.41 Å². The average molecular weight is 366 g/mol. The van der Waals surface area contributed by atoms with Crippen LogP contribution in [-0.2, 0) is 9.47 Å². The zero-order valence-electron chi connectivity index (χ0n) is 15.3. The molecular weight excluding hydrogens is 344 g/mol. The van der Waals surface area contributed by atoms with Gasteiger partial charge in [0.25, 0.3) is 0 Å². The Labute approximate surface area is 157 Å². The number of aliphatic imine (C=N–C) groups is 2. The van der Waals surface area contributed by atoms with E-state index < -0.39 is 5.41 Å². The number of para-hydroxylation sites is 2. The summed E-state index contributed by atoms with van der Waals surface area (Å²) in [6.07, 6.45) is 0. The maximum Gasteiger partial charge on any atom is 0.199 e. The molecule has 2 aromatic rings. The smallest absolute Gasteiger partial charge is 0.199 e. The van der Waals surface area contributed by atoms with E-state index in [0.29, 0.717) is 25.0 Å². The lowest BCUT2D eigenvalue weighted by Gasteiger charge is -2.22. The number of phenols is 2. The van der Waals surface area contributed by atoms with Crippen molar-refractivity contribution < 1.29 is 19.7 Å². The highest BCUT2D eigenvalue weighted by Crippen LogP contribution is 2.38. The third-order valence-corrected chi connectivity index (χ3v) is 4.96. The van der Waals surface area contributed by atoms with E-state index in [-0.39, 0.29) is 23.6 Å². The summed E-state index contributed by atoms with van der Waals surface area (Å²) in [5, 5.41) is 20.1. The summed E-state index contributed by atoms with van der Waals surface area (Å²) >= 11 is 0. The van der Waals surface area contributed by atoms with E-state index >= 15 is 0 Å². The number of rotatable bonds is 4. The van der Waals surface area contributed by atoms with Gasteiger partial charge >= 0.3 is 0 Å². The van der Waals surface area contributed by atoms with Crippen molar-refractivity contribution in [2.75, 3.05) is 13.2 Å². The quantitative estimate of drug-likeness (QED) is 0.863. The van der Waals surface area contributed by atoms with Gasteiger partial charge in [-0.15, -0.1) is 0 Å². The largest absolute Gasteiger partial charge is 0.508 e. The highest BCUT2D eigenvalue weighted by Gasteiger charge is 2.42. The van der Waals surface area contributed by atoms with Gasteiger partial charge in [-0.3, -0.25) is 0 Å². The predicted molar refractivity (Wildman–Crippen MR) is 102 cm³/mol. The molecule has 0 spiro atoms. The number of benzene rings is 2. The molecule has 0 bridgehead atoms. The lowest BCUT2D eigenvalue weighted by atomic mass is 9.93. The molecule has 0 unspecified atom stereocenters. The highest BCUT2D eigenvalue weighted by atomic mass is 16.5. The van der Waals surface area contributed by atoms with E-state index in [1.807, 2.05) is 38.1 Å². The van der Waals surface area contributed by atoms with Crippen molar-refractivity contribution in [1.82, 2.24) is 0 Å². The highest BCUT2D eigenvalue weighted by molar-refractivity contribution is 6.05. The summed E-state index contributed by atoms with van der Waals surface area (Å²) in [5.74, 6) is 1.49. The molecule has 2 N–H and O–H groups in total. The molecule has 0 radical (unpaired) electrons. The first-order valence-electron chi connectivity index (χ1n) is 8.94. The first-order chi connectivity index (χ1) is 13.0. The summed E-state index contributed by atoms with van der Waals surface area (Å²) in [5.41, 5.74) is 0.840. The van der Waals surface area contributed by atoms with Crippen LogP contribution in [0.25, 0.3) is 0 Å². The van der Waals surface area contributed by atoms with E-state index in [0.717, 1.165) is 11.1 Å². The Morgan fingerprint density at radius 1 is 0.778 bits per heavy atom. The van der Waals surface area contributed by atoms with Gasteiger partial charge in [-0.05, 0) is 26.0 Å². The van der Waals surface area contributed by atoms with Crippen LogP contribution < -0.4 is 0 Å². The fraction of sp³-hybridized carbons (Fsp3) is 0.333. The minimum Gasteiger partial charge on any atom is -0.508 e. The van der Waals surface area contributed by atoms with Crippen LogP contribution in [-0.4, -0.2) is 35.2 Å². The molecule has 6 heteroatoms. The van der Waals surface area contributed by atoms with Crippen molar-refractivity contribution >= 4 is 11.8 Å². The molecule has 27 heavy (non-hydrogen) atoms. The van der Waals surface area contributed by atoms with Crippen LogP contribution in [0.3, 0.4) is 0 Å². The molecule has 0 saturated carbocycles. The Balaban J connectivity index is 1.59. The molecule has 140 valence electrons. The van der Waals surface area contributed by atoms with Crippen LogP contribution in [0.15, 0.2) is 58.5 Å². The zero-order chi connectivity index (χ0) is 19.0. The van der Waals surface area contributed by atoms with E-state index in [4.69, 9.17) is 9.47 Å². The second-order valence-corrected chi connectivity index (χ2v) is 7.26. The summed E-state index contributed by atoms with van der Waals surface area (Å²) in [6.45, 7) is 4.63. The third kappa shape index (κ3) is 3.12. The summed E-state index contributed by atoms with van der Waals surface area (Å²) in [7, 11) is 0. The van der Waals surface area contributed by atoms with Crippen LogP contribution in [0.4, 0.5) is 0 Å². The normalized spacial score (nSPS) is 22.0. The molecule has 0 amide bonds. The summed E-state index contributed by atoms with van der Waals surface area (Å²) in [6, 6.07) is 13.8. The van der Waals surface area contributed by atoms with E-state index in [2.05, 4.69) is 9.98 Å².